The van der Waals surface area contributed by atoms with Gasteiger partial charge >= 0.3 is 0 Å². The van der Waals surface area contributed by atoms with Crippen molar-refractivity contribution < 1.29 is 9.84 Å². The van der Waals surface area contributed by atoms with Gasteiger partial charge < -0.3 is 15.2 Å². The Hall–Kier alpha value is -1.79. The highest BCUT2D eigenvalue weighted by atomic mass is 16.5. The van der Waals surface area contributed by atoms with Gasteiger partial charge in [-0.2, -0.15) is 0 Å². The minimum atomic E-state index is -0.00572. The molecule has 1 saturated heterocycles. The Morgan fingerprint density at radius 1 is 1.35 bits per heavy atom. The van der Waals surface area contributed by atoms with Crippen LogP contribution in [-0.4, -0.2) is 46.4 Å². The molecule has 6 nitrogen and oxygen atoms in total. The summed E-state index contributed by atoms with van der Waals surface area (Å²) in [6, 6.07) is 3.83. The molecular weight excluding hydrogens is 256 g/mol. The van der Waals surface area contributed by atoms with Crippen molar-refractivity contribution in [3.63, 3.8) is 0 Å². The molecule has 2 N–H and O–H groups in total. The molecule has 0 bridgehead atoms. The first kappa shape index (κ1) is 13.2. The monoisotopic (exact) mass is 274 g/mol. The number of nitrogens with zero attached hydrogens (tertiary/aromatic N) is 3. The topological polar surface area (TPSA) is 80.2 Å². The van der Waals surface area contributed by atoms with Gasteiger partial charge in [-0.15, -0.1) is 0 Å². The van der Waals surface area contributed by atoms with E-state index in [0.717, 1.165) is 37.2 Å². The largest absolute Gasteiger partial charge is 0.396 e. The van der Waals surface area contributed by atoms with Gasteiger partial charge in [0, 0.05) is 31.4 Å². The van der Waals surface area contributed by atoms with Crippen LogP contribution in [0.2, 0.25) is 0 Å². The highest BCUT2D eigenvalue weighted by Crippen LogP contribution is 2.32. The lowest BCUT2D eigenvalue weighted by Gasteiger charge is -2.27. The molecule has 1 aliphatic rings. The molecule has 2 aromatic heterocycles. The van der Waals surface area contributed by atoms with E-state index in [-0.39, 0.29) is 12.0 Å². The highest BCUT2D eigenvalue weighted by Gasteiger charge is 2.34. The summed E-state index contributed by atoms with van der Waals surface area (Å²) < 4.78 is 5.49. The number of ether oxygens (including phenoxy) is 1. The maximum absolute atomic E-state index is 9.24. The van der Waals surface area contributed by atoms with Crippen LogP contribution >= 0.6 is 0 Å². The lowest BCUT2D eigenvalue weighted by Crippen LogP contribution is -2.31. The molecule has 20 heavy (non-hydrogen) atoms. The molecule has 0 spiro atoms. The summed E-state index contributed by atoms with van der Waals surface area (Å²) in [5.74, 6) is 0.785. The normalized spacial score (nSPS) is 22.2. The van der Waals surface area contributed by atoms with Crippen molar-refractivity contribution in [1.29, 1.82) is 0 Å². The molecule has 0 aromatic carbocycles. The van der Waals surface area contributed by atoms with Crippen molar-refractivity contribution in [3.05, 3.63) is 24.7 Å². The van der Waals surface area contributed by atoms with Crippen molar-refractivity contribution in [2.45, 2.75) is 12.8 Å². The van der Waals surface area contributed by atoms with Crippen molar-refractivity contribution in [1.82, 2.24) is 15.0 Å². The molecule has 1 fully saturated rings. The Labute approximate surface area is 117 Å². The zero-order valence-corrected chi connectivity index (χ0v) is 11.2. The smallest absolute Gasteiger partial charge is 0.164 e. The molecule has 1 atom stereocenters. The van der Waals surface area contributed by atoms with Gasteiger partial charge in [0.1, 0.15) is 12.1 Å². The summed E-state index contributed by atoms with van der Waals surface area (Å²) in [7, 11) is 0. The number of hydrogen-bond acceptors (Lipinski definition) is 6. The quantitative estimate of drug-likeness (QED) is 0.853. The molecule has 6 heteroatoms. The zero-order chi connectivity index (χ0) is 13.8. The second-order valence-electron chi connectivity index (χ2n) is 5.23. The van der Waals surface area contributed by atoms with E-state index >= 15 is 0 Å². The highest BCUT2D eigenvalue weighted by molar-refractivity contribution is 5.85. The molecule has 3 rings (SSSR count). The third-order valence-corrected chi connectivity index (χ3v) is 3.87. The zero-order valence-electron chi connectivity index (χ0n) is 11.2. The van der Waals surface area contributed by atoms with Gasteiger partial charge in [-0.1, -0.05) is 0 Å². The summed E-state index contributed by atoms with van der Waals surface area (Å²) in [5, 5.41) is 13.5. The van der Waals surface area contributed by atoms with E-state index in [1.165, 1.54) is 6.33 Å². The number of aliphatic hydroxyl groups excluding tert-OH is 1. The summed E-state index contributed by atoms with van der Waals surface area (Å²) >= 11 is 0. The standard InChI is InChI=1S/C14H18N4O2/c19-6-3-14(4-7-20-9-14)8-16-13-11-2-1-5-15-12(11)17-10-18-13/h1-2,5,10,19H,3-4,6-9H2,(H,15,16,17,18). The molecule has 1 aliphatic heterocycles. The minimum Gasteiger partial charge on any atom is -0.396 e. The molecule has 1 unspecified atom stereocenters. The second kappa shape index (κ2) is 5.68. The second-order valence-corrected chi connectivity index (χ2v) is 5.23. The van der Waals surface area contributed by atoms with Crippen LogP contribution in [0.3, 0.4) is 0 Å². The Balaban J connectivity index is 1.79. The first-order valence-electron chi connectivity index (χ1n) is 6.81. The average molecular weight is 274 g/mol. The number of rotatable bonds is 5. The van der Waals surface area contributed by atoms with E-state index in [1.807, 2.05) is 12.1 Å². The summed E-state index contributed by atoms with van der Waals surface area (Å²) in [6.07, 6.45) is 4.93. The fourth-order valence-electron chi connectivity index (χ4n) is 2.62. The molecular formula is C14H18N4O2. The van der Waals surface area contributed by atoms with Crippen LogP contribution in [0.4, 0.5) is 5.82 Å². The number of anilines is 1. The summed E-state index contributed by atoms with van der Waals surface area (Å²) in [4.78, 5) is 12.7. The van der Waals surface area contributed by atoms with E-state index in [2.05, 4.69) is 20.3 Å². The number of aliphatic hydroxyl groups is 1. The predicted molar refractivity (Wildman–Crippen MR) is 75.4 cm³/mol. The molecule has 106 valence electrons. The van der Waals surface area contributed by atoms with Crippen molar-refractivity contribution >= 4 is 16.9 Å². The molecule has 0 saturated carbocycles. The Kier molecular flexibility index (Phi) is 3.75. The van der Waals surface area contributed by atoms with Crippen LogP contribution < -0.4 is 5.32 Å². The minimum absolute atomic E-state index is 0.00572. The molecule has 0 radical (unpaired) electrons. The third kappa shape index (κ3) is 2.57. The number of pyridine rings is 1. The lowest BCUT2D eigenvalue weighted by atomic mass is 9.84. The van der Waals surface area contributed by atoms with Crippen LogP contribution in [-0.2, 0) is 4.74 Å². The Morgan fingerprint density at radius 2 is 2.30 bits per heavy atom. The Bertz CT molecular complexity index is 579. The van der Waals surface area contributed by atoms with Crippen LogP contribution in [0.5, 0.6) is 0 Å². The lowest BCUT2D eigenvalue weighted by molar-refractivity contribution is 0.133. The van der Waals surface area contributed by atoms with Crippen LogP contribution in [0.15, 0.2) is 24.7 Å². The fraction of sp³-hybridized carbons (Fsp3) is 0.500. The van der Waals surface area contributed by atoms with E-state index in [9.17, 15) is 5.11 Å². The maximum Gasteiger partial charge on any atom is 0.164 e. The summed E-state index contributed by atoms with van der Waals surface area (Å²) in [5.41, 5.74) is 0.678. The van der Waals surface area contributed by atoms with Gasteiger partial charge in [-0.3, -0.25) is 0 Å². The SMILES string of the molecule is OCCC1(CNc2ncnc3ncccc23)CCOC1. The van der Waals surface area contributed by atoms with Crippen LogP contribution in [0.25, 0.3) is 11.0 Å². The average Bonchev–Trinajstić information content (AvgIpc) is 2.94. The maximum atomic E-state index is 9.24. The fourth-order valence-corrected chi connectivity index (χ4v) is 2.62. The van der Waals surface area contributed by atoms with Crippen LogP contribution in [0.1, 0.15) is 12.8 Å². The van der Waals surface area contributed by atoms with Gasteiger partial charge in [-0.05, 0) is 25.0 Å². The van der Waals surface area contributed by atoms with Crippen molar-refractivity contribution in [3.8, 4) is 0 Å². The van der Waals surface area contributed by atoms with Gasteiger partial charge in [0.2, 0.25) is 0 Å². The van der Waals surface area contributed by atoms with Gasteiger partial charge in [-0.25, -0.2) is 15.0 Å². The summed E-state index contributed by atoms with van der Waals surface area (Å²) in [6.45, 7) is 2.35. The molecule has 3 heterocycles. The van der Waals surface area contributed by atoms with Gasteiger partial charge in [0.15, 0.2) is 5.65 Å². The predicted octanol–water partition coefficient (Wildman–Crippen LogP) is 1.23. The van der Waals surface area contributed by atoms with E-state index in [4.69, 9.17) is 4.74 Å². The van der Waals surface area contributed by atoms with E-state index in [0.29, 0.717) is 12.3 Å². The molecule has 0 amide bonds. The number of fused-ring (bicyclic) bond motifs is 1. The first-order valence-corrected chi connectivity index (χ1v) is 6.81. The van der Waals surface area contributed by atoms with E-state index < -0.39 is 0 Å². The number of nitrogens with one attached hydrogen (secondary N) is 1. The Morgan fingerprint density at radius 3 is 3.10 bits per heavy atom. The van der Waals surface area contributed by atoms with Crippen molar-refractivity contribution in [2.75, 3.05) is 31.7 Å². The molecule has 2 aromatic rings. The van der Waals surface area contributed by atoms with Crippen LogP contribution in [0, 0.1) is 5.41 Å². The van der Waals surface area contributed by atoms with Crippen molar-refractivity contribution in [2.24, 2.45) is 5.41 Å². The first-order chi connectivity index (χ1) is 9.83. The van der Waals surface area contributed by atoms with Gasteiger partial charge in [0.25, 0.3) is 0 Å². The number of hydrogen-bond donors (Lipinski definition) is 2. The number of aromatic nitrogens is 3. The van der Waals surface area contributed by atoms with Gasteiger partial charge in [0.05, 0.1) is 12.0 Å². The molecule has 0 aliphatic carbocycles. The van der Waals surface area contributed by atoms with E-state index in [1.54, 1.807) is 6.20 Å². The third-order valence-electron chi connectivity index (χ3n) is 3.87.